The second kappa shape index (κ2) is 5.61. The highest BCUT2D eigenvalue weighted by atomic mass is 79.9. The van der Waals surface area contributed by atoms with E-state index >= 15 is 0 Å². The second-order valence-corrected chi connectivity index (χ2v) is 5.44. The van der Waals surface area contributed by atoms with Gasteiger partial charge < -0.3 is 9.84 Å². The molecule has 2 aromatic carbocycles. The second-order valence-electron chi connectivity index (χ2n) is 4.58. The monoisotopic (exact) mass is 345 g/mol. The standard InChI is InChI=1S/C16H12BrNO3/c17-14-9-18(16(19)20)15-7-6-12(8-13(14)15)21-10-11-4-2-1-3-5-11/h1-9H,10H2,(H,19,20). The van der Waals surface area contributed by atoms with Gasteiger partial charge in [-0.05, 0) is 39.7 Å². The van der Waals surface area contributed by atoms with Crippen LogP contribution in [0, 0.1) is 0 Å². The molecule has 5 heteroatoms. The number of ether oxygens (including phenoxy) is 1. The smallest absolute Gasteiger partial charge is 0.416 e. The molecule has 1 heterocycles. The maximum Gasteiger partial charge on any atom is 0.416 e. The molecule has 0 aliphatic heterocycles. The zero-order valence-electron chi connectivity index (χ0n) is 11.0. The topological polar surface area (TPSA) is 51.5 Å². The molecule has 4 nitrogen and oxygen atoms in total. The fourth-order valence-corrected chi connectivity index (χ4v) is 2.68. The summed E-state index contributed by atoms with van der Waals surface area (Å²) in [5.41, 5.74) is 1.71. The molecule has 0 aliphatic carbocycles. The molecule has 0 unspecified atom stereocenters. The van der Waals surface area contributed by atoms with Crippen LogP contribution in [0.25, 0.3) is 10.9 Å². The molecule has 3 aromatic rings. The van der Waals surface area contributed by atoms with Crippen molar-refractivity contribution in [3.05, 3.63) is 64.8 Å². The minimum absolute atomic E-state index is 0.476. The van der Waals surface area contributed by atoms with Crippen LogP contribution in [0.1, 0.15) is 5.56 Å². The third kappa shape index (κ3) is 2.78. The lowest BCUT2D eigenvalue weighted by Crippen LogP contribution is -2.05. The Balaban J connectivity index is 1.88. The molecule has 0 bridgehead atoms. The van der Waals surface area contributed by atoms with Crippen molar-refractivity contribution >= 4 is 32.9 Å². The Morgan fingerprint density at radius 2 is 1.95 bits per heavy atom. The summed E-state index contributed by atoms with van der Waals surface area (Å²) < 4.78 is 7.66. The molecule has 0 saturated carbocycles. The van der Waals surface area contributed by atoms with E-state index in [1.54, 1.807) is 12.1 Å². The van der Waals surface area contributed by atoms with E-state index in [4.69, 9.17) is 9.84 Å². The van der Waals surface area contributed by atoms with Gasteiger partial charge in [0, 0.05) is 16.1 Å². The molecule has 106 valence electrons. The summed E-state index contributed by atoms with van der Waals surface area (Å²) in [5.74, 6) is 0.704. The molecule has 0 radical (unpaired) electrons. The number of fused-ring (bicyclic) bond motifs is 1. The summed E-state index contributed by atoms with van der Waals surface area (Å²) in [6.07, 6.45) is 0.525. The van der Waals surface area contributed by atoms with Crippen molar-refractivity contribution < 1.29 is 14.6 Å². The summed E-state index contributed by atoms with van der Waals surface area (Å²) in [7, 11) is 0. The van der Waals surface area contributed by atoms with Gasteiger partial charge >= 0.3 is 6.09 Å². The molecule has 0 spiro atoms. The summed E-state index contributed by atoms with van der Waals surface area (Å²) in [6, 6.07) is 15.2. The van der Waals surface area contributed by atoms with Gasteiger partial charge in [0.25, 0.3) is 0 Å². The van der Waals surface area contributed by atoms with Gasteiger partial charge in [0.05, 0.1) is 5.52 Å². The van der Waals surface area contributed by atoms with Gasteiger partial charge in [-0.1, -0.05) is 30.3 Å². The number of hydrogen-bond donors (Lipinski definition) is 1. The van der Waals surface area contributed by atoms with E-state index in [-0.39, 0.29) is 0 Å². The predicted octanol–water partition coefficient (Wildman–Crippen LogP) is 4.51. The first-order valence-corrected chi connectivity index (χ1v) is 7.15. The lowest BCUT2D eigenvalue weighted by atomic mass is 10.2. The van der Waals surface area contributed by atoms with Crippen molar-refractivity contribution in [3.8, 4) is 5.75 Å². The van der Waals surface area contributed by atoms with Crippen molar-refractivity contribution in [1.82, 2.24) is 4.57 Å². The van der Waals surface area contributed by atoms with E-state index < -0.39 is 6.09 Å². The van der Waals surface area contributed by atoms with Crippen LogP contribution in [0.5, 0.6) is 5.75 Å². The molecule has 0 saturated heterocycles. The van der Waals surface area contributed by atoms with E-state index in [1.807, 2.05) is 36.4 Å². The molecule has 0 amide bonds. The molecule has 1 aromatic heterocycles. The fourth-order valence-electron chi connectivity index (χ4n) is 2.16. The van der Waals surface area contributed by atoms with Gasteiger partial charge in [0.2, 0.25) is 0 Å². The van der Waals surface area contributed by atoms with Crippen LogP contribution in [-0.4, -0.2) is 15.8 Å². The van der Waals surface area contributed by atoms with Crippen LogP contribution in [0.15, 0.2) is 59.2 Å². The first-order chi connectivity index (χ1) is 10.1. The SMILES string of the molecule is O=C(O)n1cc(Br)c2cc(OCc3ccccc3)ccc21. The third-order valence-electron chi connectivity index (χ3n) is 3.18. The van der Waals surface area contributed by atoms with Crippen LogP contribution in [0.3, 0.4) is 0 Å². The molecular weight excluding hydrogens is 334 g/mol. The van der Waals surface area contributed by atoms with E-state index in [0.29, 0.717) is 17.9 Å². The summed E-state index contributed by atoms with van der Waals surface area (Å²) in [6.45, 7) is 0.476. The molecule has 1 N–H and O–H groups in total. The molecule has 21 heavy (non-hydrogen) atoms. The minimum atomic E-state index is -1.01. The lowest BCUT2D eigenvalue weighted by molar-refractivity contribution is 0.197. The molecule has 0 atom stereocenters. The number of aromatic nitrogens is 1. The number of carbonyl (C=O) groups is 1. The van der Waals surface area contributed by atoms with Crippen molar-refractivity contribution in [2.45, 2.75) is 6.61 Å². The maximum atomic E-state index is 11.1. The van der Waals surface area contributed by atoms with E-state index in [2.05, 4.69) is 15.9 Å². The zero-order valence-corrected chi connectivity index (χ0v) is 12.6. The van der Waals surface area contributed by atoms with Crippen molar-refractivity contribution in [2.24, 2.45) is 0 Å². The largest absolute Gasteiger partial charge is 0.489 e. The maximum absolute atomic E-state index is 11.1. The molecular formula is C16H12BrNO3. The molecule has 0 aliphatic rings. The Morgan fingerprint density at radius 1 is 1.19 bits per heavy atom. The third-order valence-corrected chi connectivity index (χ3v) is 3.81. The van der Waals surface area contributed by atoms with Crippen LogP contribution in [-0.2, 0) is 6.61 Å². The fraction of sp³-hybridized carbons (Fsp3) is 0.0625. The first-order valence-electron chi connectivity index (χ1n) is 6.36. The summed E-state index contributed by atoms with van der Waals surface area (Å²) >= 11 is 3.38. The molecule has 3 rings (SSSR count). The summed E-state index contributed by atoms with van der Waals surface area (Å²) in [5, 5.41) is 9.94. The number of halogens is 1. The highest BCUT2D eigenvalue weighted by Crippen LogP contribution is 2.29. The van der Waals surface area contributed by atoms with Crippen LogP contribution < -0.4 is 4.74 Å². The minimum Gasteiger partial charge on any atom is -0.489 e. The molecule has 0 fully saturated rings. The summed E-state index contributed by atoms with van der Waals surface area (Å²) in [4.78, 5) is 11.1. The van der Waals surface area contributed by atoms with Crippen LogP contribution >= 0.6 is 15.9 Å². The van der Waals surface area contributed by atoms with Gasteiger partial charge in [-0.25, -0.2) is 4.79 Å². The van der Waals surface area contributed by atoms with Gasteiger partial charge in [0.1, 0.15) is 12.4 Å². The first kappa shape index (κ1) is 13.7. The van der Waals surface area contributed by atoms with Gasteiger partial charge in [0.15, 0.2) is 0 Å². The van der Waals surface area contributed by atoms with E-state index in [0.717, 1.165) is 15.4 Å². The normalized spacial score (nSPS) is 10.7. The lowest BCUT2D eigenvalue weighted by Gasteiger charge is -2.07. The van der Waals surface area contributed by atoms with Crippen LogP contribution in [0.4, 0.5) is 4.79 Å². The Bertz CT molecular complexity index is 796. The van der Waals surface area contributed by atoms with Gasteiger partial charge in [-0.2, -0.15) is 0 Å². The Morgan fingerprint density at radius 3 is 2.67 bits per heavy atom. The predicted molar refractivity (Wildman–Crippen MR) is 83.8 cm³/mol. The van der Waals surface area contributed by atoms with Crippen molar-refractivity contribution in [1.29, 1.82) is 0 Å². The Hall–Kier alpha value is -2.27. The number of carboxylic acid groups (broad SMARTS) is 1. The quantitative estimate of drug-likeness (QED) is 0.759. The number of rotatable bonds is 3. The van der Waals surface area contributed by atoms with Crippen molar-refractivity contribution in [3.63, 3.8) is 0 Å². The van der Waals surface area contributed by atoms with E-state index in [9.17, 15) is 4.79 Å². The van der Waals surface area contributed by atoms with Crippen molar-refractivity contribution in [2.75, 3.05) is 0 Å². The van der Waals surface area contributed by atoms with Gasteiger partial charge in [-0.15, -0.1) is 0 Å². The number of nitrogens with zero attached hydrogens (tertiary/aromatic N) is 1. The van der Waals surface area contributed by atoms with E-state index in [1.165, 1.54) is 10.8 Å². The zero-order chi connectivity index (χ0) is 14.8. The average Bonchev–Trinajstić information content (AvgIpc) is 2.83. The number of benzene rings is 2. The Labute approximate surface area is 129 Å². The van der Waals surface area contributed by atoms with Crippen LogP contribution in [0.2, 0.25) is 0 Å². The van der Waals surface area contributed by atoms with Gasteiger partial charge in [-0.3, -0.25) is 4.57 Å². The highest BCUT2D eigenvalue weighted by Gasteiger charge is 2.12. The number of hydrogen-bond acceptors (Lipinski definition) is 2. The highest BCUT2D eigenvalue weighted by molar-refractivity contribution is 9.10. The Kier molecular flexibility index (Phi) is 3.66. The average molecular weight is 346 g/mol.